The summed E-state index contributed by atoms with van der Waals surface area (Å²) in [5.74, 6) is -0.0844. The van der Waals surface area contributed by atoms with Crippen LogP contribution in [0.25, 0.3) is 0 Å². The summed E-state index contributed by atoms with van der Waals surface area (Å²) in [7, 11) is 0. The third-order valence-electron chi connectivity index (χ3n) is 6.20. The van der Waals surface area contributed by atoms with Gasteiger partial charge in [0.05, 0.1) is 6.54 Å². The molecule has 0 bridgehead atoms. The molecule has 33 heavy (non-hydrogen) atoms. The van der Waals surface area contributed by atoms with E-state index in [9.17, 15) is 9.59 Å². The number of rotatable bonds is 20. The van der Waals surface area contributed by atoms with Crippen LogP contribution in [0, 0.1) is 6.92 Å². The minimum absolute atomic E-state index is 0.0311. The molecular weight excluding hydrogens is 410 g/mol. The van der Waals surface area contributed by atoms with Gasteiger partial charge < -0.3 is 16.0 Å². The van der Waals surface area contributed by atoms with Crippen LogP contribution in [0.5, 0.6) is 0 Å². The largest absolute Gasteiger partial charge is 0.326 e. The molecule has 0 saturated carbocycles. The molecular formula is C28H49N3O2. The van der Waals surface area contributed by atoms with E-state index >= 15 is 0 Å². The van der Waals surface area contributed by atoms with Gasteiger partial charge in [-0.2, -0.15) is 0 Å². The van der Waals surface area contributed by atoms with Crippen LogP contribution in [0.4, 0.5) is 11.4 Å². The Kier molecular flexibility index (Phi) is 17.3. The molecule has 0 aromatic heterocycles. The van der Waals surface area contributed by atoms with E-state index in [1.807, 2.05) is 32.0 Å². The Morgan fingerprint density at radius 1 is 0.667 bits per heavy atom. The Morgan fingerprint density at radius 2 is 1.12 bits per heavy atom. The van der Waals surface area contributed by atoms with E-state index in [4.69, 9.17) is 0 Å². The Balaban J connectivity index is 1.99. The standard InChI is InChI=1S/C28H49N3O2/c1-4-6-7-8-9-10-11-12-13-14-15-16-17-18-22-29-23-28(33)31-26-21-19-20-25(24(26)3)30-27(32)5-2/h19-21,29H,4-18,22-23H2,1-3H3,(H,30,32)(H,31,33). The average molecular weight is 460 g/mol. The van der Waals surface area contributed by atoms with Crippen LogP contribution in [0.2, 0.25) is 0 Å². The molecule has 1 aromatic rings. The van der Waals surface area contributed by atoms with Crippen molar-refractivity contribution in [1.29, 1.82) is 0 Å². The molecule has 3 N–H and O–H groups in total. The Hall–Kier alpha value is -1.88. The summed E-state index contributed by atoms with van der Waals surface area (Å²) in [5, 5.41) is 9.05. The summed E-state index contributed by atoms with van der Waals surface area (Å²) in [6.07, 6.45) is 19.4. The van der Waals surface area contributed by atoms with Gasteiger partial charge in [0.25, 0.3) is 0 Å². The lowest BCUT2D eigenvalue weighted by atomic mass is 10.0. The monoisotopic (exact) mass is 459 g/mol. The molecule has 0 radical (unpaired) electrons. The van der Waals surface area contributed by atoms with Gasteiger partial charge in [0, 0.05) is 17.8 Å². The van der Waals surface area contributed by atoms with Crippen LogP contribution in [0.1, 0.15) is 116 Å². The first-order valence-electron chi connectivity index (χ1n) is 13.5. The predicted molar refractivity (Wildman–Crippen MR) is 142 cm³/mol. The summed E-state index contributed by atoms with van der Waals surface area (Å²) < 4.78 is 0. The number of nitrogens with one attached hydrogen (secondary N) is 3. The lowest BCUT2D eigenvalue weighted by Crippen LogP contribution is -2.29. The molecule has 0 atom stereocenters. The molecule has 5 nitrogen and oxygen atoms in total. The molecule has 0 aliphatic heterocycles. The quantitative estimate of drug-likeness (QED) is 0.178. The van der Waals surface area contributed by atoms with Gasteiger partial charge in [0.15, 0.2) is 0 Å². The molecule has 0 heterocycles. The second-order valence-electron chi connectivity index (χ2n) is 9.20. The fraction of sp³-hybridized carbons (Fsp3) is 0.714. The molecule has 0 unspecified atom stereocenters. The zero-order valence-corrected chi connectivity index (χ0v) is 21.6. The maximum atomic E-state index is 12.2. The molecule has 0 saturated heterocycles. The van der Waals surface area contributed by atoms with Gasteiger partial charge in [-0.25, -0.2) is 0 Å². The van der Waals surface area contributed by atoms with Gasteiger partial charge in [-0.15, -0.1) is 0 Å². The van der Waals surface area contributed by atoms with Crippen molar-refractivity contribution in [2.24, 2.45) is 0 Å². The van der Waals surface area contributed by atoms with Crippen molar-refractivity contribution < 1.29 is 9.59 Å². The van der Waals surface area contributed by atoms with Gasteiger partial charge in [-0.05, 0) is 37.6 Å². The Labute approximate surface area is 202 Å². The van der Waals surface area contributed by atoms with Crippen LogP contribution in [-0.4, -0.2) is 24.9 Å². The number of hydrogen-bond donors (Lipinski definition) is 3. The summed E-state index contributed by atoms with van der Waals surface area (Å²) >= 11 is 0. The van der Waals surface area contributed by atoms with Crippen LogP contribution < -0.4 is 16.0 Å². The van der Waals surface area contributed by atoms with Crippen molar-refractivity contribution in [3.05, 3.63) is 23.8 Å². The zero-order valence-electron chi connectivity index (χ0n) is 21.6. The van der Waals surface area contributed by atoms with E-state index in [2.05, 4.69) is 22.9 Å². The van der Waals surface area contributed by atoms with E-state index in [-0.39, 0.29) is 11.8 Å². The van der Waals surface area contributed by atoms with Gasteiger partial charge in [-0.1, -0.05) is 103 Å². The molecule has 0 aliphatic rings. The normalized spacial score (nSPS) is 10.9. The minimum Gasteiger partial charge on any atom is -0.326 e. The van der Waals surface area contributed by atoms with E-state index in [1.54, 1.807) is 0 Å². The number of anilines is 2. The Bertz CT molecular complexity index is 661. The zero-order chi connectivity index (χ0) is 24.2. The number of unbranched alkanes of at least 4 members (excludes halogenated alkanes) is 13. The first kappa shape index (κ1) is 29.2. The van der Waals surface area contributed by atoms with Crippen molar-refractivity contribution in [2.75, 3.05) is 23.7 Å². The average Bonchev–Trinajstić information content (AvgIpc) is 2.81. The molecule has 0 aliphatic carbocycles. The second-order valence-corrected chi connectivity index (χ2v) is 9.20. The topological polar surface area (TPSA) is 70.2 Å². The fourth-order valence-electron chi connectivity index (χ4n) is 3.99. The molecule has 2 amide bonds. The lowest BCUT2D eigenvalue weighted by molar-refractivity contribution is -0.116. The number of carbonyl (C=O) groups excluding carboxylic acids is 2. The van der Waals surface area contributed by atoms with E-state index in [0.717, 1.165) is 29.9 Å². The van der Waals surface area contributed by atoms with Crippen LogP contribution in [0.15, 0.2) is 18.2 Å². The molecule has 0 spiro atoms. The number of hydrogen-bond acceptors (Lipinski definition) is 3. The van der Waals surface area contributed by atoms with Crippen molar-refractivity contribution in [3.8, 4) is 0 Å². The van der Waals surface area contributed by atoms with E-state index < -0.39 is 0 Å². The van der Waals surface area contributed by atoms with E-state index in [0.29, 0.717) is 13.0 Å². The smallest absolute Gasteiger partial charge is 0.238 e. The summed E-state index contributed by atoms with van der Waals surface area (Å²) in [4.78, 5) is 23.9. The maximum absolute atomic E-state index is 12.2. The first-order chi connectivity index (χ1) is 16.1. The van der Waals surface area contributed by atoms with Crippen molar-refractivity contribution in [2.45, 2.75) is 117 Å². The SMILES string of the molecule is CCCCCCCCCCCCCCCCNCC(=O)Nc1cccc(NC(=O)CC)c1C. The van der Waals surface area contributed by atoms with Crippen molar-refractivity contribution in [3.63, 3.8) is 0 Å². The molecule has 0 fully saturated rings. The van der Waals surface area contributed by atoms with Crippen LogP contribution >= 0.6 is 0 Å². The molecule has 1 aromatic carbocycles. The Morgan fingerprint density at radius 3 is 1.61 bits per heavy atom. The van der Waals surface area contributed by atoms with Gasteiger partial charge in [0.1, 0.15) is 0 Å². The minimum atomic E-state index is -0.0533. The van der Waals surface area contributed by atoms with Crippen molar-refractivity contribution in [1.82, 2.24) is 5.32 Å². The highest BCUT2D eigenvalue weighted by atomic mass is 16.2. The summed E-state index contributed by atoms with van der Waals surface area (Å²) in [6.45, 7) is 7.18. The highest BCUT2D eigenvalue weighted by Gasteiger charge is 2.09. The molecule has 188 valence electrons. The lowest BCUT2D eigenvalue weighted by Gasteiger charge is -2.13. The highest BCUT2D eigenvalue weighted by Crippen LogP contribution is 2.23. The first-order valence-corrected chi connectivity index (χ1v) is 13.5. The van der Waals surface area contributed by atoms with Gasteiger partial charge in [0.2, 0.25) is 11.8 Å². The number of carbonyl (C=O) groups is 2. The molecule has 5 heteroatoms. The summed E-state index contributed by atoms with van der Waals surface area (Å²) in [5.41, 5.74) is 2.36. The fourth-order valence-corrected chi connectivity index (χ4v) is 3.99. The third-order valence-corrected chi connectivity index (χ3v) is 6.20. The van der Waals surface area contributed by atoms with Gasteiger partial charge >= 0.3 is 0 Å². The van der Waals surface area contributed by atoms with Crippen molar-refractivity contribution >= 4 is 23.2 Å². The molecule has 1 rings (SSSR count). The van der Waals surface area contributed by atoms with Crippen LogP contribution in [0.3, 0.4) is 0 Å². The summed E-state index contributed by atoms with van der Waals surface area (Å²) in [6, 6.07) is 5.56. The second kappa shape index (κ2) is 19.6. The third kappa shape index (κ3) is 14.8. The predicted octanol–water partition coefficient (Wildman–Crippen LogP) is 7.35. The number of amides is 2. The van der Waals surface area contributed by atoms with Crippen LogP contribution in [-0.2, 0) is 9.59 Å². The number of benzene rings is 1. The highest BCUT2D eigenvalue weighted by molar-refractivity contribution is 5.96. The van der Waals surface area contributed by atoms with E-state index in [1.165, 1.54) is 83.5 Å². The van der Waals surface area contributed by atoms with Gasteiger partial charge in [-0.3, -0.25) is 9.59 Å². The maximum Gasteiger partial charge on any atom is 0.238 e.